The monoisotopic (exact) mass is 458 g/mol. The summed E-state index contributed by atoms with van der Waals surface area (Å²) >= 11 is 0. The number of piperazine rings is 1. The van der Waals surface area contributed by atoms with Crippen molar-refractivity contribution in [2.24, 2.45) is 0 Å². The minimum Gasteiger partial charge on any atom is -0.497 e. The van der Waals surface area contributed by atoms with Gasteiger partial charge in [0.25, 0.3) is 0 Å². The van der Waals surface area contributed by atoms with Gasteiger partial charge in [0.2, 0.25) is 5.91 Å². The molecule has 1 fully saturated rings. The number of carbonyl (C=O) groups is 1. The van der Waals surface area contributed by atoms with Gasteiger partial charge in [-0.2, -0.15) is 0 Å². The lowest BCUT2D eigenvalue weighted by molar-refractivity contribution is -0.133. The van der Waals surface area contributed by atoms with Crippen LogP contribution in [0.4, 0.5) is 0 Å². The summed E-state index contributed by atoms with van der Waals surface area (Å²) in [6, 6.07) is 18.3. The summed E-state index contributed by atoms with van der Waals surface area (Å²) in [5.41, 5.74) is 5.39. The molecule has 0 unspecified atom stereocenters. The van der Waals surface area contributed by atoms with E-state index in [0.29, 0.717) is 12.8 Å². The first-order chi connectivity index (χ1) is 16.6. The highest BCUT2D eigenvalue weighted by molar-refractivity contribution is 5.91. The smallest absolute Gasteiger partial charge is 0.222 e. The maximum absolute atomic E-state index is 13.1. The van der Waals surface area contributed by atoms with Gasteiger partial charge in [0.05, 0.1) is 12.8 Å². The van der Waals surface area contributed by atoms with Crippen LogP contribution in [0.5, 0.6) is 5.75 Å². The predicted octanol–water partition coefficient (Wildman–Crippen LogP) is 4.42. The molecule has 176 valence electrons. The highest BCUT2D eigenvalue weighted by Crippen LogP contribution is 2.32. The van der Waals surface area contributed by atoms with E-state index >= 15 is 0 Å². The number of fused-ring (bicyclic) bond motifs is 1. The zero-order valence-corrected chi connectivity index (χ0v) is 19.7. The van der Waals surface area contributed by atoms with Gasteiger partial charge in [-0.1, -0.05) is 23.4 Å². The summed E-state index contributed by atoms with van der Waals surface area (Å²) < 4.78 is 10.5. The van der Waals surface area contributed by atoms with Crippen LogP contribution in [0, 0.1) is 6.92 Å². The van der Waals surface area contributed by atoms with E-state index in [2.05, 4.69) is 45.4 Å². The van der Waals surface area contributed by atoms with Crippen molar-refractivity contribution in [2.75, 3.05) is 33.3 Å². The van der Waals surface area contributed by atoms with Crippen LogP contribution >= 0.6 is 0 Å². The Hall–Kier alpha value is -3.58. The fourth-order valence-electron chi connectivity index (χ4n) is 4.73. The number of aryl methyl sites for hydroxylation is 2. The molecular formula is C27H30N4O3. The Bertz CT molecular complexity index is 1270. The van der Waals surface area contributed by atoms with Gasteiger partial charge in [-0.15, -0.1) is 0 Å². The molecule has 5 rings (SSSR count). The third-order valence-electron chi connectivity index (χ3n) is 6.57. The van der Waals surface area contributed by atoms with Gasteiger partial charge >= 0.3 is 0 Å². The van der Waals surface area contributed by atoms with E-state index in [0.717, 1.165) is 66.7 Å². The third kappa shape index (κ3) is 4.70. The third-order valence-corrected chi connectivity index (χ3v) is 6.57. The Morgan fingerprint density at radius 1 is 1.09 bits per heavy atom. The lowest BCUT2D eigenvalue weighted by atomic mass is 10.0. The standard InChI is InChI=1S/C27H30N4O3/c1-19-17-21(29-34-19)18-30-13-15-31(16-14-30)26(32)12-11-24-23-5-3-4-6-25(23)28-27(24)20-7-9-22(33-2)10-8-20/h3-10,17,28H,11-16,18H2,1-2H3. The second-order valence-electron chi connectivity index (χ2n) is 8.84. The van der Waals surface area contributed by atoms with Crippen LogP contribution < -0.4 is 4.74 Å². The molecule has 0 radical (unpaired) electrons. The molecule has 7 heteroatoms. The van der Waals surface area contributed by atoms with Crippen molar-refractivity contribution in [1.82, 2.24) is 19.9 Å². The molecule has 0 aliphatic carbocycles. The Kier molecular flexibility index (Phi) is 6.36. The molecule has 1 aliphatic rings. The van der Waals surface area contributed by atoms with Crippen LogP contribution in [0.1, 0.15) is 23.4 Å². The van der Waals surface area contributed by atoms with Gasteiger partial charge in [0, 0.05) is 61.8 Å². The topological polar surface area (TPSA) is 74.6 Å². The van der Waals surface area contributed by atoms with E-state index in [9.17, 15) is 4.79 Å². The molecule has 1 aliphatic heterocycles. The van der Waals surface area contributed by atoms with Crippen molar-refractivity contribution >= 4 is 16.8 Å². The van der Waals surface area contributed by atoms with Gasteiger partial charge in [-0.3, -0.25) is 9.69 Å². The summed E-state index contributed by atoms with van der Waals surface area (Å²) in [7, 11) is 1.67. The Balaban J connectivity index is 1.25. The van der Waals surface area contributed by atoms with Crippen LogP contribution in [-0.4, -0.2) is 59.1 Å². The summed E-state index contributed by atoms with van der Waals surface area (Å²) in [5, 5.41) is 5.26. The number of hydrogen-bond acceptors (Lipinski definition) is 5. The highest BCUT2D eigenvalue weighted by atomic mass is 16.5. The SMILES string of the molecule is COc1ccc(-c2[nH]c3ccccc3c2CCC(=O)N2CCN(Cc3cc(C)on3)CC2)cc1. The Labute approximate surface area is 199 Å². The first-order valence-electron chi connectivity index (χ1n) is 11.8. The molecule has 4 aromatic rings. The van der Waals surface area contributed by atoms with E-state index in [1.54, 1.807) is 7.11 Å². The average molecular weight is 459 g/mol. The van der Waals surface area contributed by atoms with Crippen molar-refractivity contribution in [3.8, 4) is 17.0 Å². The quantitative estimate of drug-likeness (QED) is 0.444. The molecule has 1 saturated heterocycles. The summed E-state index contributed by atoms with van der Waals surface area (Å²) in [4.78, 5) is 21.0. The van der Waals surface area contributed by atoms with E-state index in [4.69, 9.17) is 9.26 Å². The van der Waals surface area contributed by atoms with Gasteiger partial charge in [0.1, 0.15) is 11.5 Å². The predicted molar refractivity (Wildman–Crippen MR) is 132 cm³/mol. The zero-order valence-electron chi connectivity index (χ0n) is 19.7. The first kappa shape index (κ1) is 22.2. The van der Waals surface area contributed by atoms with Gasteiger partial charge in [-0.25, -0.2) is 0 Å². The molecule has 1 N–H and O–H groups in total. The lowest BCUT2D eigenvalue weighted by Gasteiger charge is -2.34. The zero-order chi connectivity index (χ0) is 23.5. The highest BCUT2D eigenvalue weighted by Gasteiger charge is 2.23. The van der Waals surface area contributed by atoms with E-state index in [1.165, 1.54) is 10.9 Å². The maximum Gasteiger partial charge on any atom is 0.222 e. The van der Waals surface area contributed by atoms with Crippen LogP contribution in [0.2, 0.25) is 0 Å². The van der Waals surface area contributed by atoms with Crippen LogP contribution in [-0.2, 0) is 17.8 Å². The van der Waals surface area contributed by atoms with Crippen molar-refractivity contribution in [2.45, 2.75) is 26.3 Å². The average Bonchev–Trinajstić information content (AvgIpc) is 3.46. The van der Waals surface area contributed by atoms with E-state index < -0.39 is 0 Å². The van der Waals surface area contributed by atoms with Crippen LogP contribution in [0.15, 0.2) is 59.1 Å². The Morgan fingerprint density at radius 3 is 2.56 bits per heavy atom. The number of rotatable bonds is 7. The van der Waals surface area contributed by atoms with E-state index in [-0.39, 0.29) is 5.91 Å². The fraction of sp³-hybridized carbons (Fsp3) is 0.333. The number of hydrogen-bond donors (Lipinski definition) is 1. The number of H-pyrrole nitrogens is 1. The van der Waals surface area contributed by atoms with Gasteiger partial charge in [0.15, 0.2) is 0 Å². The Morgan fingerprint density at radius 2 is 1.85 bits per heavy atom. The number of ether oxygens (including phenoxy) is 1. The van der Waals surface area contributed by atoms with Crippen LogP contribution in [0.25, 0.3) is 22.2 Å². The number of methoxy groups -OCH3 is 1. The minimum atomic E-state index is 0.211. The number of aromatic nitrogens is 2. The van der Waals surface area contributed by atoms with E-state index in [1.807, 2.05) is 36.1 Å². The van der Waals surface area contributed by atoms with Crippen molar-refractivity contribution in [3.05, 3.63) is 71.6 Å². The second kappa shape index (κ2) is 9.73. The first-order valence-corrected chi connectivity index (χ1v) is 11.8. The lowest BCUT2D eigenvalue weighted by Crippen LogP contribution is -2.48. The fourth-order valence-corrected chi connectivity index (χ4v) is 4.73. The minimum absolute atomic E-state index is 0.211. The summed E-state index contributed by atoms with van der Waals surface area (Å²) in [5.74, 6) is 1.87. The molecule has 7 nitrogen and oxygen atoms in total. The second-order valence-corrected chi connectivity index (χ2v) is 8.84. The summed E-state index contributed by atoms with van der Waals surface area (Å²) in [6.07, 6.45) is 1.19. The van der Waals surface area contributed by atoms with Gasteiger partial charge < -0.3 is 19.1 Å². The number of para-hydroxylation sites is 1. The number of aromatic amines is 1. The molecule has 0 bridgehead atoms. The van der Waals surface area contributed by atoms with Crippen molar-refractivity contribution in [3.63, 3.8) is 0 Å². The molecule has 0 saturated carbocycles. The molecule has 0 atom stereocenters. The number of nitrogens with one attached hydrogen (secondary N) is 1. The van der Waals surface area contributed by atoms with Crippen molar-refractivity contribution in [1.29, 1.82) is 0 Å². The number of benzene rings is 2. The molecular weight excluding hydrogens is 428 g/mol. The molecule has 2 aromatic carbocycles. The molecule has 1 amide bonds. The van der Waals surface area contributed by atoms with Crippen LogP contribution in [0.3, 0.4) is 0 Å². The number of nitrogens with zero attached hydrogens (tertiary/aromatic N) is 3. The normalized spacial score (nSPS) is 14.6. The maximum atomic E-state index is 13.1. The number of carbonyl (C=O) groups excluding carboxylic acids is 1. The molecule has 2 aromatic heterocycles. The molecule has 3 heterocycles. The molecule has 0 spiro atoms. The molecule has 34 heavy (non-hydrogen) atoms. The summed E-state index contributed by atoms with van der Waals surface area (Å²) in [6.45, 7) is 5.86. The van der Waals surface area contributed by atoms with Gasteiger partial charge in [-0.05, 0) is 54.8 Å². The largest absolute Gasteiger partial charge is 0.497 e. The number of amides is 1. The van der Waals surface area contributed by atoms with Crippen molar-refractivity contribution < 1.29 is 14.1 Å².